The second-order valence-electron chi connectivity index (χ2n) is 24.7. The number of carbonyl (C=O) groups excluding carboxylic acids is 4. The number of rotatable bonds is 24. The molecule has 3 aromatic heterocycles. The second-order valence-corrected chi connectivity index (χ2v) is 24.7. The first-order valence-corrected chi connectivity index (χ1v) is 33.2. The van der Waals surface area contributed by atoms with Gasteiger partial charge in [0.15, 0.2) is 40.4 Å². The predicted octanol–water partition coefficient (Wildman–Crippen LogP) is 14.1. The number of aromatic hydroxyl groups is 1. The molecule has 9 aromatic rings. The molecule has 0 aliphatic heterocycles. The molecule has 3 aliphatic rings. The Balaban J connectivity index is 0.000000169. The number of amides is 1. The van der Waals surface area contributed by atoms with Crippen LogP contribution in [-0.4, -0.2) is 137 Å². The Labute approximate surface area is 604 Å². The van der Waals surface area contributed by atoms with Crippen molar-refractivity contribution in [2.24, 2.45) is 0 Å². The lowest BCUT2D eigenvalue weighted by Gasteiger charge is -2.17. The van der Waals surface area contributed by atoms with Gasteiger partial charge in [-0.25, -0.2) is 27.9 Å². The van der Waals surface area contributed by atoms with Crippen molar-refractivity contribution < 1.29 is 80.7 Å². The lowest BCUT2D eigenvalue weighted by molar-refractivity contribution is -0.118. The van der Waals surface area contributed by atoms with Crippen molar-refractivity contribution in [1.29, 1.82) is 0 Å². The number of aromatic nitrogens is 6. The highest BCUT2D eigenvalue weighted by Crippen LogP contribution is 2.49. The SMILES string of the molecule is COc1cc(/C=C2/C(C)=C(CCC(=O)Cc3cnccn3)c3cc(F)ccc32)cc(OC)c1O.COc1cc(/C=C2/C(C)=C(CCC(=O)c3cnc[nH]3)c3cc(F)ccc32)cc(OC)c1B(O)O.COc1cc(/C=C2/C(C)=C(CCC(=O)c3ncc[nH]3)c3cc(F)ccc32)cc(OC)c1OC(=O)N(C)C. The van der Waals surface area contributed by atoms with Crippen molar-refractivity contribution in [1.82, 2.24) is 34.8 Å². The molecule has 0 atom stereocenters. The number of ether oxygens (including phenoxy) is 7. The molecule has 0 spiro atoms. The summed E-state index contributed by atoms with van der Waals surface area (Å²) in [7, 11) is 10.2. The van der Waals surface area contributed by atoms with Crippen LogP contribution in [0.1, 0.15) is 136 Å². The molecule has 105 heavy (non-hydrogen) atoms. The van der Waals surface area contributed by atoms with Crippen LogP contribution in [0.25, 0.3) is 51.7 Å². The van der Waals surface area contributed by atoms with Crippen LogP contribution in [0.15, 0.2) is 151 Å². The molecule has 540 valence electrons. The number of phenolic OH excluding ortho intramolecular Hbond substituents is 1. The molecule has 0 bridgehead atoms. The smallest absolute Gasteiger partial charge is 0.496 e. The van der Waals surface area contributed by atoms with E-state index in [9.17, 15) is 47.5 Å². The van der Waals surface area contributed by atoms with E-state index in [1.807, 2.05) is 39.0 Å². The number of aromatic amines is 2. The van der Waals surface area contributed by atoms with Gasteiger partial charge >= 0.3 is 13.2 Å². The minimum Gasteiger partial charge on any atom is -0.502 e. The number of hydrogen-bond acceptors (Lipinski definition) is 18. The highest BCUT2D eigenvalue weighted by atomic mass is 19.1. The maximum atomic E-state index is 14.2. The predicted molar refractivity (Wildman–Crippen MR) is 395 cm³/mol. The summed E-state index contributed by atoms with van der Waals surface area (Å²) in [5.74, 6) is 1.01. The first-order valence-electron chi connectivity index (χ1n) is 33.2. The van der Waals surface area contributed by atoms with Crippen molar-refractivity contribution in [2.45, 2.75) is 65.7 Å². The zero-order chi connectivity index (χ0) is 75.3. The lowest BCUT2D eigenvalue weighted by atomic mass is 9.78. The van der Waals surface area contributed by atoms with E-state index in [0.29, 0.717) is 71.5 Å². The number of phenols is 1. The number of ketones is 3. The molecule has 0 radical (unpaired) electrons. The zero-order valence-corrected chi connectivity index (χ0v) is 59.7. The Morgan fingerprint density at radius 3 is 1.34 bits per heavy atom. The van der Waals surface area contributed by atoms with E-state index >= 15 is 0 Å². The van der Waals surface area contributed by atoms with Gasteiger partial charge in [-0.2, -0.15) is 0 Å². The lowest BCUT2D eigenvalue weighted by Crippen LogP contribution is -2.32. The molecular formula is C80H77BF3N7O14. The first-order chi connectivity index (χ1) is 50.5. The van der Waals surface area contributed by atoms with Crippen molar-refractivity contribution in [3.05, 3.63) is 236 Å². The van der Waals surface area contributed by atoms with Gasteiger partial charge in [-0.3, -0.25) is 24.4 Å². The van der Waals surface area contributed by atoms with Crippen LogP contribution in [0, 0.1) is 17.5 Å². The van der Waals surface area contributed by atoms with Crippen LogP contribution in [0.3, 0.4) is 0 Å². The maximum absolute atomic E-state index is 14.2. The molecule has 0 unspecified atom stereocenters. The highest BCUT2D eigenvalue weighted by molar-refractivity contribution is 6.61. The number of halogens is 3. The number of nitrogens with one attached hydrogen (secondary N) is 2. The summed E-state index contributed by atoms with van der Waals surface area (Å²) in [6.07, 6.45) is 18.4. The van der Waals surface area contributed by atoms with E-state index in [1.54, 1.807) is 93.5 Å². The van der Waals surface area contributed by atoms with Crippen molar-refractivity contribution in [3.63, 3.8) is 0 Å². The summed E-state index contributed by atoms with van der Waals surface area (Å²) in [6.45, 7) is 5.87. The molecule has 0 saturated heterocycles. The maximum Gasteiger partial charge on any atom is 0.496 e. The number of H-pyrrole nitrogens is 2. The Kier molecular flexibility index (Phi) is 24.3. The van der Waals surface area contributed by atoms with Crippen LogP contribution in [0.4, 0.5) is 18.0 Å². The Hall–Kier alpha value is -12.1. The third-order valence-corrected chi connectivity index (χ3v) is 18.1. The largest absolute Gasteiger partial charge is 0.502 e. The fourth-order valence-electron chi connectivity index (χ4n) is 12.8. The topological polar surface area (TPSA) is 280 Å². The van der Waals surface area contributed by atoms with E-state index in [2.05, 4.69) is 29.9 Å². The summed E-state index contributed by atoms with van der Waals surface area (Å²) >= 11 is 0. The Bertz CT molecular complexity index is 4910. The summed E-state index contributed by atoms with van der Waals surface area (Å²) in [5.41, 5.74) is 16.6. The number of Topliss-reactive ketones (excluding diaryl/α,β-unsaturated/α-hetero) is 3. The fourth-order valence-corrected chi connectivity index (χ4v) is 12.8. The number of nitrogens with zero attached hydrogens (tertiary/aromatic N) is 5. The molecular weight excluding hydrogens is 1350 g/mol. The number of fused-ring (bicyclic) bond motifs is 3. The average molecular weight is 1430 g/mol. The van der Waals surface area contributed by atoms with Gasteiger partial charge in [0.25, 0.3) is 0 Å². The van der Waals surface area contributed by atoms with Crippen LogP contribution in [0.2, 0.25) is 0 Å². The number of allylic oxidation sites excluding steroid dienone is 9. The van der Waals surface area contributed by atoms with E-state index in [4.69, 9.17) is 33.2 Å². The van der Waals surface area contributed by atoms with E-state index in [1.165, 1.54) is 103 Å². The summed E-state index contributed by atoms with van der Waals surface area (Å²) in [4.78, 5) is 72.8. The van der Waals surface area contributed by atoms with Gasteiger partial charge in [0, 0.05) is 64.3 Å². The molecule has 21 nitrogen and oxygen atoms in total. The van der Waals surface area contributed by atoms with Gasteiger partial charge in [0.2, 0.25) is 11.5 Å². The fraction of sp³-hybridized carbons (Fsp3) is 0.225. The molecule has 25 heteroatoms. The zero-order valence-electron chi connectivity index (χ0n) is 59.7. The van der Waals surface area contributed by atoms with Gasteiger partial charge in [-0.15, -0.1) is 0 Å². The van der Waals surface area contributed by atoms with Crippen molar-refractivity contribution >= 4 is 87.7 Å². The minimum atomic E-state index is -1.76. The third kappa shape index (κ3) is 17.2. The second kappa shape index (κ2) is 33.8. The Morgan fingerprint density at radius 1 is 0.514 bits per heavy atom. The summed E-state index contributed by atoms with van der Waals surface area (Å²) < 4.78 is 80.2. The molecule has 1 amide bonds. The van der Waals surface area contributed by atoms with E-state index in [-0.39, 0.29) is 82.5 Å². The van der Waals surface area contributed by atoms with Gasteiger partial charge in [0.1, 0.15) is 40.4 Å². The molecule has 0 saturated carbocycles. The Morgan fingerprint density at radius 2 is 0.952 bits per heavy atom. The van der Waals surface area contributed by atoms with Crippen LogP contribution >= 0.6 is 0 Å². The van der Waals surface area contributed by atoms with Gasteiger partial charge in [-0.05, 0) is 231 Å². The van der Waals surface area contributed by atoms with Gasteiger partial charge in [-0.1, -0.05) is 18.2 Å². The van der Waals surface area contributed by atoms with Gasteiger partial charge < -0.3 is 63.2 Å². The molecule has 3 aliphatic carbocycles. The molecule has 6 aromatic carbocycles. The molecule has 0 fully saturated rings. The number of imidazole rings is 2. The number of benzene rings is 6. The highest BCUT2D eigenvalue weighted by Gasteiger charge is 2.31. The van der Waals surface area contributed by atoms with Crippen molar-refractivity contribution in [2.75, 3.05) is 56.8 Å². The molecule has 12 rings (SSSR count). The summed E-state index contributed by atoms with van der Waals surface area (Å²) in [5, 5.41) is 29.7. The van der Waals surface area contributed by atoms with Crippen molar-refractivity contribution in [3.8, 4) is 46.0 Å². The van der Waals surface area contributed by atoms with Crippen LogP contribution in [-0.2, 0) is 11.2 Å². The van der Waals surface area contributed by atoms with Crippen LogP contribution < -0.4 is 38.6 Å². The van der Waals surface area contributed by atoms with E-state index < -0.39 is 13.2 Å². The summed E-state index contributed by atoms with van der Waals surface area (Å²) in [6, 6.07) is 24.2. The monoisotopic (exact) mass is 1430 g/mol. The number of hydrogen-bond donors (Lipinski definition) is 5. The average Bonchev–Trinajstić information content (AvgIpc) is 1.63. The standard InChI is InChI=1S/C28H28FN3O5.C27H25FN2O4.C25H24BFN2O5/c1-16-19(8-9-23(33)27-30-10-11-31-27)22-15-18(29)6-7-20(22)21(16)12-17-13-24(35-4)26(25(14-17)36-5)37-28(34)32(2)3;1-16-21(7-5-20(31)14-19-15-29-8-9-30-19)24-13-18(28)4-6-22(24)23(16)10-17-11-25(33-2)27(32)26(12-17)34-3;1-14-17(6-7-22(30)21-12-28-13-29-21)20-11-16(27)4-5-18(20)19(14)8-15-9-23(33-2)25(26(31)32)24(10-15)34-3/h6-7,10-15H,8-9H2,1-5H3,(H,30,31);4,6,8-13,15,32H,5,7,14H2,1-3H3;4-5,8-13,31-32H,6-7H2,1-3H3,(H,28,29)/b21-12-;23-10-;19-8-. The molecule has 5 N–H and O–H groups in total. The van der Waals surface area contributed by atoms with E-state index in [0.717, 1.165) is 94.7 Å². The number of carbonyl (C=O) groups is 4. The molecule has 3 heterocycles. The van der Waals surface area contributed by atoms with Crippen LogP contribution in [0.5, 0.6) is 46.0 Å². The normalized spacial score (nSPS) is 13.7. The quantitative estimate of drug-likeness (QED) is 0.0278. The number of methoxy groups -OCH3 is 6. The van der Waals surface area contributed by atoms with Gasteiger partial charge in [0.05, 0.1) is 72.8 Å². The minimum absolute atomic E-state index is 0.0455. The third-order valence-electron chi connectivity index (χ3n) is 18.1. The first kappa shape index (κ1) is 75.6.